The summed E-state index contributed by atoms with van der Waals surface area (Å²) in [6.45, 7) is 9.66. The van der Waals surface area contributed by atoms with Gasteiger partial charge in [-0.2, -0.15) is 13.2 Å². The van der Waals surface area contributed by atoms with Crippen molar-refractivity contribution in [2.24, 2.45) is 0 Å². The third-order valence-electron chi connectivity index (χ3n) is 5.90. The van der Waals surface area contributed by atoms with Crippen LogP contribution in [0.5, 0.6) is 0 Å². The summed E-state index contributed by atoms with van der Waals surface area (Å²) in [5.74, 6) is -2.35. The van der Waals surface area contributed by atoms with Gasteiger partial charge in [0.2, 0.25) is 0 Å². The van der Waals surface area contributed by atoms with E-state index in [-0.39, 0.29) is 24.5 Å². The van der Waals surface area contributed by atoms with E-state index in [1.54, 1.807) is 41.5 Å². The van der Waals surface area contributed by atoms with Crippen molar-refractivity contribution in [1.82, 2.24) is 9.88 Å². The van der Waals surface area contributed by atoms with Crippen LogP contribution in [-0.2, 0) is 25.2 Å². The molecule has 2 aromatic rings. The molecule has 0 spiro atoms. The van der Waals surface area contributed by atoms with Crippen molar-refractivity contribution in [2.45, 2.75) is 77.4 Å². The number of likely N-dealkylation sites (tertiary alicyclic amines) is 1. The standard InChI is InChI=1S/C28H33F4N3O6/c1-26(2,3)40-24(37)34-15-16(14-20(34)23(36)39-7)35(25(38)41-27(4,5)6)21-13-9-12-19(33-21)17-10-8-11-18(22(17)29)28(30,31)32/h8-13,16,20H,14-15H2,1-7H3. The number of hydrogen-bond acceptors (Lipinski definition) is 7. The zero-order valence-corrected chi connectivity index (χ0v) is 23.8. The van der Waals surface area contributed by atoms with Crippen LogP contribution in [0.25, 0.3) is 11.3 Å². The molecule has 2 amide bonds. The summed E-state index contributed by atoms with van der Waals surface area (Å²) in [7, 11) is 1.16. The lowest BCUT2D eigenvalue weighted by Gasteiger charge is -2.31. The van der Waals surface area contributed by atoms with Crippen molar-refractivity contribution >= 4 is 24.0 Å². The lowest BCUT2D eigenvalue weighted by molar-refractivity contribution is -0.145. The van der Waals surface area contributed by atoms with E-state index < -0.39 is 64.6 Å². The summed E-state index contributed by atoms with van der Waals surface area (Å²) >= 11 is 0. The van der Waals surface area contributed by atoms with E-state index in [1.807, 2.05) is 0 Å². The fraction of sp³-hybridized carbons (Fsp3) is 0.500. The predicted octanol–water partition coefficient (Wildman–Crippen LogP) is 6.20. The van der Waals surface area contributed by atoms with Gasteiger partial charge in [-0.1, -0.05) is 12.1 Å². The molecule has 1 fully saturated rings. The minimum absolute atomic E-state index is 0.0883. The van der Waals surface area contributed by atoms with Crippen LogP contribution in [0, 0.1) is 5.82 Å². The predicted molar refractivity (Wildman–Crippen MR) is 140 cm³/mol. The number of aromatic nitrogens is 1. The van der Waals surface area contributed by atoms with Crippen molar-refractivity contribution < 1.29 is 46.2 Å². The summed E-state index contributed by atoms with van der Waals surface area (Å²) in [6.07, 6.45) is -6.73. The van der Waals surface area contributed by atoms with E-state index >= 15 is 0 Å². The van der Waals surface area contributed by atoms with Crippen LogP contribution in [0.4, 0.5) is 33.0 Å². The van der Waals surface area contributed by atoms with E-state index in [2.05, 4.69) is 4.98 Å². The Morgan fingerprint density at radius 3 is 2.12 bits per heavy atom. The number of alkyl halides is 3. The molecule has 1 saturated heterocycles. The van der Waals surface area contributed by atoms with Gasteiger partial charge in [-0.05, 0) is 65.8 Å². The van der Waals surface area contributed by atoms with Crippen LogP contribution < -0.4 is 4.90 Å². The highest BCUT2D eigenvalue weighted by molar-refractivity contribution is 5.89. The molecule has 1 aliphatic rings. The number of anilines is 1. The molecule has 224 valence electrons. The van der Waals surface area contributed by atoms with Gasteiger partial charge in [-0.25, -0.2) is 23.8 Å². The molecule has 1 aromatic heterocycles. The Kier molecular flexibility index (Phi) is 8.90. The average Bonchev–Trinajstić information content (AvgIpc) is 3.26. The highest BCUT2D eigenvalue weighted by Crippen LogP contribution is 2.36. The summed E-state index contributed by atoms with van der Waals surface area (Å²) in [5.41, 5.74) is -3.92. The first-order valence-electron chi connectivity index (χ1n) is 12.7. The summed E-state index contributed by atoms with van der Waals surface area (Å²) in [4.78, 5) is 45.7. The number of carbonyl (C=O) groups excluding carboxylic acids is 3. The summed E-state index contributed by atoms with van der Waals surface area (Å²) in [6, 6.07) is 4.89. The van der Waals surface area contributed by atoms with Crippen molar-refractivity contribution in [3.05, 3.63) is 47.8 Å². The molecule has 1 aliphatic heterocycles. The van der Waals surface area contributed by atoms with E-state index in [0.29, 0.717) is 6.07 Å². The Hall–Kier alpha value is -3.90. The number of halogens is 4. The molecule has 1 aromatic carbocycles. The molecular formula is C28H33F4N3O6. The third kappa shape index (κ3) is 7.65. The molecule has 0 radical (unpaired) electrons. The molecule has 0 aliphatic carbocycles. The quantitative estimate of drug-likeness (QED) is 0.240. The second-order valence-electron chi connectivity index (χ2n) is 11.5. The van der Waals surface area contributed by atoms with Gasteiger partial charge in [-0.3, -0.25) is 9.80 Å². The van der Waals surface area contributed by atoms with Gasteiger partial charge in [-0.15, -0.1) is 0 Å². The zero-order chi connectivity index (χ0) is 30.9. The lowest BCUT2D eigenvalue weighted by atomic mass is 10.1. The number of carbonyl (C=O) groups is 3. The molecular weight excluding hydrogens is 550 g/mol. The molecule has 0 N–H and O–H groups in total. The number of methoxy groups -OCH3 is 1. The normalized spacial score (nSPS) is 17.7. The smallest absolute Gasteiger partial charge is 0.419 e. The van der Waals surface area contributed by atoms with Crippen LogP contribution in [0.15, 0.2) is 36.4 Å². The van der Waals surface area contributed by atoms with Crippen molar-refractivity contribution in [3.63, 3.8) is 0 Å². The fourth-order valence-corrected chi connectivity index (χ4v) is 4.28. The molecule has 2 unspecified atom stereocenters. The first-order valence-corrected chi connectivity index (χ1v) is 12.7. The Morgan fingerprint density at radius 1 is 0.951 bits per heavy atom. The number of rotatable bonds is 4. The second kappa shape index (κ2) is 11.5. The molecule has 2 atom stereocenters. The van der Waals surface area contributed by atoms with E-state index in [4.69, 9.17) is 14.2 Å². The molecule has 13 heteroatoms. The van der Waals surface area contributed by atoms with Gasteiger partial charge >= 0.3 is 24.3 Å². The second-order valence-corrected chi connectivity index (χ2v) is 11.5. The number of ether oxygens (including phenoxy) is 3. The molecule has 0 bridgehead atoms. The van der Waals surface area contributed by atoms with Crippen LogP contribution >= 0.6 is 0 Å². The Labute approximate surface area is 235 Å². The monoisotopic (exact) mass is 583 g/mol. The van der Waals surface area contributed by atoms with Crippen LogP contribution in [0.2, 0.25) is 0 Å². The molecule has 9 nitrogen and oxygen atoms in total. The number of pyridine rings is 1. The van der Waals surface area contributed by atoms with E-state index in [0.717, 1.165) is 29.0 Å². The number of esters is 1. The summed E-state index contributed by atoms with van der Waals surface area (Å²) in [5, 5.41) is 0. The highest BCUT2D eigenvalue weighted by atomic mass is 19.4. The lowest BCUT2D eigenvalue weighted by Crippen LogP contribution is -2.46. The largest absolute Gasteiger partial charge is 0.467 e. The van der Waals surface area contributed by atoms with Gasteiger partial charge in [0.1, 0.15) is 28.9 Å². The van der Waals surface area contributed by atoms with Crippen molar-refractivity contribution in [2.75, 3.05) is 18.6 Å². The van der Waals surface area contributed by atoms with Gasteiger partial charge in [0.25, 0.3) is 0 Å². The number of benzene rings is 1. The van der Waals surface area contributed by atoms with Gasteiger partial charge in [0.05, 0.1) is 24.4 Å². The average molecular weight is 584 g/mol. The van der Waals surface area contributed by atoms with E-state index in [9.17, 15) is 31.9 Å². The van der Waals surface area contributed by atoms with Gasteiger partial charge in [0.15, 0.2) is 0 Å². The molecule has 2 heterocycles. The van der Waals surface area contributed by atoms with Crippen molar-refractivity contribution in [1.29, 1.82) is 0 Å². The van der Waals surface area contributed by atoms with Crippen LogP contribution in [0.3, 0.4) is 0 Å². The van der Waals surface area contributed by atoms with Crippen LogP contribution in [0.1, 0.15) is 53.5 Å². The number of amides is 2. The van der Waals surface area contributed by atoms with Crippen molar-refractivity contribution in [3.8, 4) is 11.3 Å². The highest BCUT2D eigenvalue weighted by Gasteiger charge is 2.47. The summed E-state index contributed by atoms with van der Waals surface area (Å²) < 4.78 is 70.9. The minimum Gasteiger partial charge on any atom is -0.467 e. The van der Waals surface area contributed by atoms with Gasteiger partial charge < -0.3 is 14.2 Å². The molecule has 0 saturated carbocycles. The first kappa shape index (κ1) is 31.6. The number of nitrogens with zero attached hydrogens (tertiary/aromatic N) is 3. The Balaban J connectivity index is 2.09. The Morgan fingerprint density at radius 2 is 1.56 bits per heavy atom. The Bertz CT molecular complexity index is 1300. The molecule has 41 heavy (non-hydrogen) atoms. The maximum Gasteiger partial charge on any atom is 0.419 e. The number of hydrogen-bond donors (Lipinski definition) is 0. The third-order valence-corrected chi connectivity index (χ3v) is 5.90. The SMILES string of the molecule is COC(=O)C1CC(N(C(=O)OC(C)(C)C)c2cccc(-c3cccc(C(F)(F)F)c3F)n2)CN1C(=O)OC(C)(C)C. The fourth-order valence-electron chi connectivity index (χ4n) is 4.28. The van der Waals surface area contributed by atoms with Crippen LogP contribution in [-0.4, -0.2) is 65.0 Å². The van der Waals surface area contributed by atoms with Gasteiger partial charge in [0, 0.05) is 18.5 Å². The maximum absolute atomic E-state index is 14.9. The molecule has 3 rings (SSSR count). The topological polar surface area (TPSA) is 98.3 Å². The maximum atomic E-state index is 14.9. The van der Waals surface area contributed by atoms with E-state index in [1.165, 1.54) is 18.2 Å². The minimum atomic E-state index is -4.93. The zero-order valence-electron chi connectivity index (χ0n) is 23.8. The first-order chi connectivity index (χ1) is 18.8.